The van der Waals surface area contributed by atoms with Gasteiger partial charge in [-0.25, -0.2) is 31.9 Å². The van der Waals surface area contributed by atoms with Crippen molar-refractivity contribution < 1.29 is 22.3 Å². The van der Waals surface area contributed by atoms with Gasteiger partial charge in [-0.3, -0.25) is 13.8 Å². The van der Waals surface area contributed by atoms with Crippen molar-refractivity contribution in [3.05, 3.63) is 86.8 Å². The summed E-state index contributed by atoms with van der Waals surface area (Å²) in [5.41, 5.74) is -2.89. The Morgan fingerprint density at radius 2 is 1.93 bits per heavy atom. The number of hydrogen-bond donors (Lipinski definition) is 0. The first kappa shape index (κ1) is 26.1. The molecular formula is C27H19F4N7O3. The molecule has 1 atom stereocenters. The Kier molecular flexibility index (Phi) is 6.21. The molecule has 0 aliphatic carbocycles. The number of nitrogens with zero attached hydrogens (tertiary/aromatic N) is 7. The van der Waals surface area contributed by atoms with Crippen molar-refractivity contribution in [1.29, 1.82) is 5.26 Å². The van der Waals surface area contributed by atoms with Crippen molar-refractivity contribution in [1.82, 2.24) is 23.5 Å². The summed E-state index contributed by atoms with van der Waals surface area (Å²) in [5.74, 6) is -1.97. The fourth-order valence-corrected chi connectivity index (χ4v) is 5.06. The van der Waals surface area contributed by atoms with Gasteiger partial charge < -0.3 is 9.64 Å². The Hall–Kier alpha value is -5.19. The normalized spacial score (nSPS) is 15.2. The molecule has 41 heavy (non-hydrogen) atoms. The maximum atomic E-state index is 14.3. The van der Waals surface area contributed by atoms with Gasteiger partial charge in [0.05, 0.1) is 42.1 Å². The van der Waals surface area contributed by atoms with E-state index < -0.39 is 34.9 Å². The second kappa shape index (κ2) is 9.77. The highest BCUT2D eigenvalue weighted by Gasteiger charge is 2.28. The van der Waals surface area contributed by atoms with Crippen LogP contribution in [0.5, 0.6) is 5.88 Å². The summed E-state index contributed by atoms with van der Waals surface area (Å²) in [6.07, 6.45) is -0.158. The summed E-state index contributed by atoms with van der Waals surface area (Å²) < 4.78 is 63.9. The molecule has 1 aliphatic rings. The van der Waals surface area contributed by atoms with Gasteiger partial charge in [0.2, 0.25) is 5.88 Å². The van der Waals surface area contributed by atoms with Crippen molar-refractivity contribution in [2.45, 2.75) is 12.8 Å². The van der Waals surface area contributed by atoms with Crippen LogP contribution in [0.4, 0.5) is 23.4 Å². The van der Waals surface area contributed by atoms with Crippen molar-refractivity contribution in [2.24, 2.45) is 5.92 Å². The van der Waals surface area contributed by atoms with Crippen LogP contribution in [0.25, 0.3) is 28.1 Å². The molecule has 0 radical (unpaired) electrons. The Morgan fingerprint density at radius 3 is 2.63 bits per heavy atom. The number of pyridine rings is 2. The lowest BCUT2D eigenvalue weighted by Crippen LogP contribution is -2.39. The van der Waals surface area contributed by atoms with Gasteiger partial charge in [0.1, 0.15) is 34.3 Å². The van der Waals surface area contributed by atoms with E-state index in [2.05, 4.69) is 16.0 Å². The van der Waals surface area contributed by atoms with Crippen LogP contribution in [0.3, 0.4) is 0 Å². The standard InChI is InChI=1S/C27H19F4N7O3/c1-41-25-23-19(10-21(34-25)35-6-4-14(11-32)13-35)37(16-2-3-18(29)17(9-16)24(30)31)27(40)38(26(23)39)22-12-33-20-8-15(28)5-7-36(20)22/h2-3,5,7-10,12,14,24H,4,6,13H2,1H3/t14-/m0/s1. The predicted octanol–water partition coefficient (Wildman–Crippen LogP) is 3.76. The van der Waals surface area contributed by atoms with E-state index in [4.69, 9.17) is 4.74 Å². The molecular weight excluding hydrogens is 546 g/mol. The van der Waals surface area contributed by atoms with Crippen LogP contribution in [-0.2, 0) is 0 Å². The Labute approximate surface area is 227 Å². The quantitative estimate of drug-likeness (QED) is 0.299. The maximum absolute atomic E-state index is 14.3. The lowest BCUT2D eigenvalue weighted by Gasteiger charge is -2.21. The van der Waals surface area contributed by atoms with Gasteiger partial charge in [-0.1, -0.05) is 0 Å². The topological polar surface area (TPSA) is 110 Å². The van der Waals surface area contributed by atoms with Gasteiger partial charge in [0.25, 0.3) is 12.0 Å². The maximum Gasteiger partial charge on any atom is 0.342 e. The highest BCUT2D eigenvalue weighted by Crippen LogP contribution is 2.31. The molecule has 208 valence electrons. The van der Waals surface area contributed by atoms with Crippen LogP contribution >= 0.6 is 0 Å². The number of halogens is 4. The molecule has 0 saturated carbocycles. The Morgan fingerprint density at radius 1 is 1.12 bits per heavy atom. The van der Waals surface area contributed by atoms with E-state index in [1.54, 1.807) is 4.90 Å². The van der Waals surface area contributed by atoms with Crippen molar-refractivity contribution in [3.63, 3.8) is 0 Å². The summed E-state index contributed by atoms with van der Waals surface area (Å²) in [4.78, 5) is 38.4. The molecule has 1 aliphatic heterocycles. The minimum atomic E-state index is -3.18. The molecule has 0 bridgehead atoms. The number of aromatic nitrogens is 5. The zero-order valence-electron chi connectivity index (χ0n) is 21.3. The molecule has 0 N–H and O–H groups in total. The van der Waals surface area contributed by atoms with Crippen molar-refractivity contribution in [3.8, 4) is 23.5 Å². The van der Waals surface area contributed by atoms with Gasteiger partial charge >= 0.3 is 5.69 Å². The molecule has 1 aromatic carbocycles. The molecule has 1 fully saturated rings. The summed E-state index contributed by atoms with van der Waals surface area (Å²) in [7, 11) is 1.27. The van der Waals surface area contributed by atoms with Crippen LogP contribution < -0.4 is 20.9 Å². The molecule has 0 spiro atoms. The minimum Gasteiger partial charge on any atom is -0.480 e. The number of fused-ring (bicyclic) bond motifs is 2. The van der Waals surface area contributed by atoms with Gasteiger partial charge in [0.15, 0.2) is 0 Å². The number of hydrogen-bond acceptors (Lipinski definition) is 7. The monoisotopic (exact) mass is 565 g/mol. The molecule has 6 rings (SSSR count). The minimum absolute atomic E-state index is 0.0369. The number of benzene rings is 1. The highest BCUT2D eigenvalue weighted by atomic mass is 19.3. The third-order valence-electron chi connectivity index (χ3n) is 7.04. The lowest BCUT2D eigenvalue weighted by atomic mass is 10.1. The number of alkyl halides is 2. The van der Waals surface area contributed by atoms with Crippen LogP contribution in [-0.4, -0.2) is 43.7 Å². The van der Waals surface area contributed by atoms with E-state index in [0.29, 0.717) is 25.3 Å². The Bertz CT molecular complexity index is 2010. The van der Waals surface area contributed by atoms with Crippen LogP contribution in [0.2, 0.25) is 0 Å². The highest BCUT2D eigenvalue weighted by molar-refractivity contribution is 5.87. The number of imidazole rings is 1. The fraction of sp³-hybridized carbons (Fsp3) is 0.222. The first-order valence-corrected chi connectivity index (χ1v) is 12.3. The number of ether oxygens (including phenoxy) is 1. The Balaban J connectivity index is 1.73. The van der Waals surface area contributed by atoms with E-state index in [1.165, 1.54) is 30.0 Å². The fourth-order valence-electron chi connectivity index (χ4n) is 5.06. The zero-order valence-corrected chi connectivity index (χ0v) is 21.3. The molecule has 5 aromatic rings. The number of nitriles is 1. The van der Waals surface area contributed by atoms with E-state index >= 15 is 0 Å². The van der Waals surface area contributed by atoms with E-state index in [0.717, 1.165) is 39.5 Å². The first-order chi connectivity index (χ1) is 19.7. The van der Waals surface area contributed by atoms with E-state index in [-0.39, 0.29) is 39.9 Å². The average molecular weight is 565 g/mol. The largest absolute Gasteiger partial charge is 0.480 e. The number of anilines is 1. The van der Waals surface area contributed by atoms with Gasteiger partial charge in [-0.2, -0.15) is 10.2 Å². The van der Waals surface area contributed by atoms with Crippen LogP contribution in [0.1, 0.15) is 18.4 Å². The molecule has 1 saturated heterocycles. The molecule has 0 amide bonds. The summed E-state index contributed by atoms with van der Waals surface area (Å²) in [5, 5.41) is 9.17. The van der Waals surface area contributed by atoms with Crippen molar-refractivity contribution >= 4 is 22.4 Å². The number of rotatable bonds is 5. The molecule has 4 aromatic heterocycles. The number of methoxy groups -OCH3 is 1. The van der Waals surface area contributed by atoms with Gasteiger partial charge in [0, 0.05) is 31.4 Å². The van der Waals surface area contributed by atoms with Gasteiger partial charge in [-0.05, 0) is 30.7 Å². The lowest BCUT2D eigenvalue weighted by molar-refractivity contribution is 0.146. The molecule has 0 unspecified atom stereocenters. The van der Waals surface area contributed by atoms with Crippen molar-refractivity contribution in [2.75, 3.05) is 25.1 Å². The van der Waals surface area contributed by atoms with Crippen LogP contribution in [0, 0.1) is 28.9 Å². The summed E-state index contributed by atoms with van der Waals surface area (Å²) in [6.45, 7) is 0.801. The van der Waals surface area contributed by atoms with Crippen LogP contribution in [0.15, 0.2) is 58.4 Å². The molecule has 5 heterocycles. The second-order valence-electron chi connectivity index (χ2n) is 9.40. The van der Waals surface area contributed by atoms with E-state index in [1.807, 2.05) is 0 Å². The molecule has 10 nitrogen and oxygen atoms in total. The average Bonchev–Trinajstić information content (AvgIpc) is 3.60. The smallest absolute Gasteiger partial charge is 0.342 e. The third-order valence-corrected chi connectivity index (χ3v) is 7.04. The predicted molar refractivity (Wildman–Crippen MR) is 139 cm³/mol. The SMILES string of the molecule is COc1nc(N2CC[C@@H](C#N)C2)cc2c1c(=O)n(-c1cnc3cc(F)ccn13)c(=O)n2-c1ccc(F)c(C(F)F)c1. The third kappa shape index (κ3) is 4.17. The summed E-state index contributed by atoms with van der Waals surface area (Å²) >= 11 is 0. The second-order valence-corrected chi connectivity index (χ2v) is 9.40. The molecule has 14 heteroatoms. The first-order valence-electron chi connectivity index (χ1n) is 12.3. The summed E-state index contributed by atoms with van der Waals surface area (Å²) in [6, 6.07) is 8.60. The van der Waals surface area contributed by atoms with Gasteiger partial charge in [-0.15, -0.1) is 0 Å². The zero-order chi connectivity index (χ0) is 29.0. The van der Waals surface area contributed by atoms with E-state index in [9.17, 15) is 32.4 Å².